The van der Waals surface area contributed by atoms with Crippen molar-refractivity contribution in [3.05, 3.63) is 65.2 Å². The molecule has 0 unspecified atom stereocenters. The number of imide groups is 1. The maximum Gasteiger partial charge on any atom is 0.329 e. The summed E-state index contributed by atoms with van der Waals surface area (Å²) in [7, 11) is 0. The van der Waals surface area contributed by atoms with Gasteiger partial charge in [0.1, 0.15) is 6.04 Å². The first-order valence-corrected chi connectivity index (χ1v) is 10.1. The van der Waals surface area contributed by atoms with Crippen molar-refractivity contribution in [2.75, 3.05) is 31.2 Å². The van der Waals surface area contributed by atoms with E-state index in [0.29, 0.717) is 17.7 Å². The molecule has 0 saturated heterocycles. The van der Waals surface area contributed by atoms with Gasteiger partial charge in [0, 0.05) is 25.2 Å². The predicted molar refractivity (Wildman–Crippen MR) is 112 cm³/mol. The van der Waals surface area contributed by atoms with Crippen LogP contribution in [0.2, 0.25) is 0 Å². The lowest BCUT2D eigenvalue weighted by Crippen LogP contribution is -2.47. The average molecular weight is 410 g/mol. The van der Waals surface area contributed by atoms with E-state index in [2.05, 4.69) is 0 Å². The normalized spacial score (nSPS) is 13.9. The van der Waals surface area contributed by atoms with Crippen LogP contribution in [-0.4, -0.2) is 60.1 Å². The molecule has 7 heteroatoms. The molecule has 158 valence electrons. The lowest BCUT2D eigenvalue weighted by atomic mass is 10.0. The Bertz CT molecular complexity index is 890. The number of likely N-dealkylation sites (N-methyl/N-ethyl adjacent to an activating group) is 1. The first-order chi connectivity index (χ1) is 14.5. The number of nitrogens with zero attached hydrogens (tertiary/aromatic N) is 2. The summed E-state index contributed by atoms with van der Waals surface area (Å²) in [6, 6.07) is 13.1. The van der Waals surface area contributed by atoms with Gasteiger partial charge in [-0.3, -0.25) is 14.5 Å². The third kappa shape index (κ3) is 4.21. The highest BCUT2D eigenvalue weighted by Crippen LogP contribution is 2.27. The van der Waals surface area contributed by atoms with Gasteiger partial charge in [-0.25, -0.2) is 4.79 Å². The van der Waals surface area contributed by atoms with E-state index < -0.39 is 23.8 Å². The SMILES string of the molecule is CCOC(=O)[C@H](Cc1ccc(N(CC)CCO)cc1)N1C(=O)c2ccccc2C1=O. The molecule has 1 heterocycles. The van der Waals surface area contributed by atoms with Crippen LogP contribution in [0.25, 0.3) is 0 Å². The molecule has 0 radical (unpaired) electrons. The van der Waals surface area contributed by atoms with Crippen molar-refractivity contribution in [2.45, 2.75) is 26.3 Å². The van der Waals surface area contributed by atoms with Gasteiger partial charge in [0.15, 0.2) is 0 Å². The highest BCUT2D eigenvalue weighted by Gasteiger charge is 2.43. The number of aliphatic hydroxyl groups is 1. The number of esters is 1. The first kappa shape index (κ1) is 21.5. The largest absolute Gasteiger partial charge is 0.464 e. The number of hydrogen-bond acceptors (Lipinski definition) is 6. The van der Waals surface area contributed by atoms with Crippen LogP contribution < -0.4 is 4.90 Å². The summed E-state index contributed by atoms with van der Waals surface area (Å²) in [6.07, 6.45) is 0.163. The smallest absolute Gasteiger partial charge is 0.329 e. The number of carbonyl (C=O) groups excluding carboxylic acids is 3. The highest BCUT2D eigenvalue weighted by atomic mass is 16.5. The maximum atomic E-state index is 12.9. The molecule has 7 nitrogen and oxygen atoms in total. The topological polar surface area (TPSA) is 87.2 Å². The van der Waals surface area contributed by atoms with Gasteiger partial charge in [-0.15, -0.1) is 0 Å². The summed E-state index contributed by atoms with van der Waals surface area (Å²) in [4.78, 5) is 41.5. The fourth-order valence-corrected chi connectivity index (χ4v) is 3.67. The number of amides is 2. The summed E-state index contributed by atoms with van der Waals surface area (Å²) in [6.45, 7) is 5.18. The molecule has 1 N–H and O–H groups in total. The minimum atomic E-state index is -1.04. The predicted octanol–water partition coefficient (Wildman–Crippen LogP) is 2.28. The van der Waals surface area contributed by atoms with Gasteiger partial charge in [0.05, 0.1) is 24.3 Å². The van der Waals surface area contributed by atoms with Gasteiger partial charge in [0.2, 0.25) is 0 Å². The van der Waals surface area contributed by atoms with Crippen molar-refractivity contribution < 1.29 is 24.2 Å². The maximum absolute atomic E-state index is 12.9. The Hall–Kier alpha value is -3.19. The van der Waals surface area contributed by atoms with Gasteiger partial charge in [0.25, 0.3) is 11.8 Å². The Morgan fingerprint density at radius 2 is 1.63 bits per heavy atom. The minimum Gasteiger partial charge on any atom is -0.464 e. The van der Waals surface area contributed by atoms with Crippen LogP contribution in [0, 0.1) is 0 Å². The second kappa shape index (κ2) is 9.54. The molecule has 0 aliphatic carbocycles. The summed E-state index contributed by atoms with van der Waals surface area (Å²) in [5.74, 6) is -1.57. The Balaban J connectivity index is 1.86. The molecule has 0 saturated carbocycles. The van der Waals surface area contributed by atoms with Crippen LogP contribution >= 0.6 is 0 Å². The third-order valence-corrected chi connectivity index (χ3v) is 5.18. The van der Waals surface area contributed by atoms with E-state index in [1.807, 2.05) is 36.1 Å². The van der Waals surface area contributed by atoms with E-state index in [-0.39, 0.29) is 19.6 Å². The fraction of sp³-hybridized carbons (Fsp3) is 0.348. The second-order valence-electron chi connectivity index (χ2n) is 6.97. The molecule has 3 rings (SSSR count). The molecular weight excluding hydrogens is 384 g/mol. The lowest BCUT2D eigenvalue weighted by molar-refractivity contribution is -0.147. The Kier molecular flexibility index (Phi) is 6.84. The van der Waals surface area contributed by atoms with Crippen LogP contribution in [0.1, 0.15) is 40.1 Å². The number of hydrogen-bond donors (Lipinski definition) is 1. The van der Waals surface area contributed by atoms with Crippen LogP contribution in [0.3, 0.4) is 0 Å². The van der Waals surface area contributed by atoms with Crippen LogP contribution in [0.5, 0.6) is 0 Å². The van der Waals surface area contributed by atoms with Crippen LogP contribution in [0.15, 0.2) is 48.5 Å². The van der Waals surface area contributed by atoms with Gasteiger partial charge < -0.3 is 14.7 Å². The number of benzene rings is 2. The number of anilines is 1. The van der Waals surface area contributed by atoms with E-state index in [0.717, 1.165) is 22.7 Å². The molecule has 1 aliphatic heterocycles. The quantitative estimate of drug-likeness (QED) is 0.504. The van der Waals surface area contributed by atoms with Crippen LogP contribution in [0.4, 0.5) is 5.69 Å². The fourth-order valence-electron chi connectivity index (χ4n) is 3.67. The molecule has 30 heavy (non-hydrogen) atoms. The third-order valence-electron chi connectivity index (χ3n) is 5.18. The van der Waals surface area contributed by atoms with E-state index >= 15 is 0 Å². The molecule has 0 spiro atoms. The molecular formula is C23H26N2O5. The Labute approximate surface area is 175 Å². The first-order valence-electron chi connectivity index (χ1n) is 10.1. The average Bonchev–Trinajstić information content (AvgIpc) is 3.01. The number of fused-ring (bicyclic) bond motifs is 1. The Morgan fingerprint density at radius 3 is 2.13 bits per heavy atom. The van der Waals surface area contributed by atoms with E-state index in [4.69, 9.17) is 4.74 Å². The zero-order chi connectivity index (χ0) is 21.7. The summed E-state index contributed by atoms with van der Waals surface area (Å²) >= 11 is 0. The summed E-state index contributed by atoms with van der Waals surface area (Å²) < 4.78 is 5.17. The van der Waals surface area contributed by atoms with Gasteiger partial charge in [-0.2, -0.15) is 0 Å². The molecule has 0 fully saturated rings. The standard InChI is InChI=1S/C23H26N2O5/c1-3-24(13-14-26)17-11-9-16(10-12-17)15-20(23(29)30-4-2)25-21(27)18-7-5-6-8-19(18)22(25)28/h5-12,20,26H,3-4,13-15H2,1-2H3/t20-/m0/s1. The molecule has 2 aromatic rings. The second-order valence-corrected chi connectivity index (χ2v) is 6.97. The summed E-state index contributed by atoms with van der Waals surface area (Å²) in [5, 5.41) is 9.20. The molecule has 2 aromatic carbocycles. The van der Waals surface area contributed by atoms with E-state index in [1.165, 1.54) is 0 Å². The van der Waals surface area contributed by atoms with Crippen LogP contribution in [-0.2, 0) is 16.0 Å². The summed E-state index contributed by atoms with van der Waals surface area (Å²) in [5.41, 5.74) is 2.35. The molecule has 2 amide bonds. The van der Waals surface area contributed by atoms with E-state index in [1.54, 1.807) is 31.2 Å². The van der Waals surface area contributed by atoms with Crippen molar-refractivity contribution in [1.82, 2.24) is 4.90 Å². The zero-order valence-corrected chi connectivity index (χ0v) is 17.2. The number of carbonyl (C=O) groups is 3. The minimum absolute atomic E-state index is 0.0558. The number of ether oxygens (including phenoxy) is 1. The lowest BCUT2D eigenvalue weighted by Gasteiger charge is -2.25. The highest BCUT2D eigenvalue weighted by molar-refractivity contribution is 6.22. The molecule has 0 aromatic heterocycles. The van der Waals surface area contributed by atoms with Gasteiger partial charge in [-0.05, 0) is 43.7 Å². The zero-order valence-electron chi connectivity index (χ0n) is 17.2. The van der Waals surface area contributed by atoms with Crippen molar-refractivity contribution in [2.24, 2.45) is 0 Å². The number of rotatable bonds is 9. The number of aliphatic hydroxyl groups excluding tert-OH is 1. The van der Waals surface area contributed by atoms with Crippen molar-refractivity contribution in [3.8, 4) is 0 Å². The van der Waals surface area contributed by atoms with Crippen molar-refractivity contribution in [3.63, 3.8) is 0 Å². The van der Waals surface area contributed by atoms with Gasteiger partial charge in [-0.1, -0.05) is 24.3 Å². The molecule has 1 aliphatic rings. The van der Waals surface area contributed by atoms with Crippen molar-refractivity contribution in [1.29, 1.82) is 0 Å². The monoisotopic (exact) mass is 410 g/mol. The molecule has 0 bridgehead atoms. The Morgan fingerprint density at radius 1 is 1.03 bits per heavy atom. The van der Waals surface area contributed by atoms with E-state index in [9.17, 15) is 19.5 Å². The van der Waals surface area contributed by atoms with Gasteiger partial charge >= 0.3 is 5.97 Å². The van der Waals surface area contributed by atoms with Crippen molar-refractivity contribution >= 4 is 23.5 Å². The molecule has 1 atom stereocenters.